The summed E-state index contributed by atoms with van der Waals surface area (Å²) >= 11 is 0. The molecule has 6 heteroatoms. The summed E-state index contributed by atoms with van der Waals surface area (Å²) in [5, 5.41) is 3.20. The summed E-state index contributed by atoms with van der Waals surface area (Å²) in [4.78, 5) is 27.2. The Hall–Kier alpha value is -0.810. The highest BCUT2D eigenvalue weighted by Crippen LogP contribution is 2.16. The Morgan fingerprint density at radius 3 is 2.17 bits per heavy atom. The maximum atomic E-state index is 11.9. The van der Waals surface area contributed by atoms with Gasteiger partial charge in [-0.15, -0.1) is 12.4 Å². The number of nitrogens with zero attached hydrogens (tertiary/aromatic N) is 2. The van der Waals surface area contributed by atoms with Crippen LogP contribution >= 0.6 is 12.4 Å². The van der Waals surface area contributed by atoms with E-state index in [9.17, 15) is 9.59 Å². The highest BCUT2D eigenvalue weighted by atomic mass is 35.5. The van der Waals surface area contributed by atoms with Gasteiger partial charge in [0.2, 0.25) is 11.8 Å². The molecule has 18 heavy (non-hydrogen) atoms. The lowest BCUT2D eigenvalue weighted by molar-refractivity contribution is -0.144. The van der Waals surface area contributed by atoms with Crippen molar-refractivity contribution in [2.24, 2.45) is 5.41 Å². The van der Waals surface area contributed by atoms with Crippen molar-refractivity contribution in [1.82, 2.24) is 15.1 Å². The average molecular weight is 278 g/mol. The van der Waals surface area contributed by atoms with Gasteiger partial charge in [0.05, 0.1) is 6.54 Å². The van der Waals surface area contributed by atoms with Gasteiger partial charge in [0.25, 0.3) is 0 Å². The van der Waals surface area contributed by atoms with Crippen LogP contribution in [0.1, 0.15) is 20.8 Å². The van der Waals surface area contributed by atoms with E-state index >= 15 is 0 Å². The number of amides is 2. The van der Waals surface area contributed by atoms with E-state index in [4.69, 9.17) is 0 Å². The zero-order chi connectivity index (χ0) is 13.1. The molecule has 0 radical (unpaired) electrons. The molecule has 0 aromatic carbocycles. The van der Waals surface area contributed by atoms with Gasteiger partial charge in [-0.05, 0) is 0 Å². The van der Waals surface area contributed by atoms with E-state index in [-0.39, 0.29) is 30.8 Å². The van der Waals surface area contributed by atoms with Crippen LogP contribution in [0.5, 0.6) is 0 Å². The van der Waals surface area contributed by atoms with Gasteiger partial charge in [0.15, 0.2) is 0 Å². The molecule has 2 amide bonds. The van der Waals surface area contributed by atoms with Crippen LogP contribution in [0.2, 0.25) is 0 Å². The van der Waals surface area contributed by atoms with E-state index in [1.54, 1.807) is 7.05 Å². The highest BCUT2D eigenvalue weighted by molar-refractivity contribution is 5.87. The van der Waals surface area contributed by atoms with Crippen molar-refractivity contribution >= 4 is 24.2 Å². The molecule has 1 heterocycles. The number of carbonyl (C=O) groups excluding carboxylic acids is 2. The fourth-order valence-corrected chi connectivity index (χ4v) is 1.86. The molecule has 0 spiro atoms. The standard InChI is InChI=1S/C12H23N3O2.ClH/c1-12(2,3)11(17)14(4)9-10(16)15-7-5-13-6-8-15;/h13H,5-9H2,1-4H3;1H. The Labute approximate surface area is 115 Å². The van der Waals surface area contributed by atoms with Crippen molar-refractivity contribution in [2.75, 3.05) is 39.8 Å². The minimum atomic E-state index is -0.432. The second-order valence-electron chi connectivity index (χ2n) is 5.54. The Kier molecular flexibility index (Phi) is 6.63. The summed E-state index contributed by atoms with van der Waals surface area (Å²) in [6.45, 7) is 8.90. The van der Waals surface area contributed by atoms with Crippen LogP contribution in [0.15, 0.2) is 0 Å². The number of nitrogens with one attached hydrogen (secondary N) is 1. The minimum absolute atomic E-state index is 0. The molecule has 1 N–H and O–H groups in total. The molecule has 1 aliphatic rings. The van der Waals surface area contributed by atoms with Crippen LogP contribution in [0, 0.1) is 5.41 Å². The number of likely N-dealkylation sites (N-methyl/N-ethyl adjacent to an activating group) is 1. The van der Waals surface area contributed by atoms with Crippen LogP contribution in [-0.2, 0) is 9.59 Å². The smallest absolute Gasteiger partial charge is 0.242 e. The molecule has 0 saturated carbocycles. The molecule has 0 aliphatic carbocycles. The van der Waals surface area contributed by atoms with Crippen molar-refractivity contribution in [3.8, 4) is 0 Å². The first kappa shape index (κ1) is 17.2. The Morgan fingerprint density at radius 2 is 1.72 bits per heavy atom. The maximum absolute atomic E-state index is 11.9. The van der Waals surface area contributed by atoms with E-state index in [0.717, 1.165) is 26.2 Å². The molecule has 0 bridgehead atoms. The topological polar surface area (TPSA) is 52.7 Å². The van der Waals surface area contributed by atoms with E-state index < -0.39 is 5.41 Å². The molecule has 0 aromatic rings. The average Bonchev–Trinajstić information content (AvgIpc) is 2.27. The number of piperazine rings is 1. The third-order valence-electron chi connectivity index (χ3n) is 2.83. The fourth-order valence-electron chi connectivity index (χ4n) is 1.86. The van der Waals surface area contributed by atoms with Gasteiger partial charge in [-0.1, -0.05) is 20.8 Å². The van der Waals surface area contributed by atoms with Crippen LogP contribution in [-0.4, -0.2) is 61.4 Å². The third kappa shape index (κ3) is 4.82. The number of rotatable bonds is 2. The molecule has 0 aromatic heterocycles. The Bertz CT molecular complexity index is 296. The summed E-state index contributed by atoms with van der Waals surface area (Å²) in [5.74, 6) is 0.0348. The maximum Gasteiger partial charge on any atom is 0.242 e. The molecule has 106 valence electrons. The van der Waals surface area contributed by atoms with Gasteiger partial charge < -0.3 is 15.1 Å². The Morgan fingerprint density at radius 1 is 1.22 bits per heavy atom. The SMILES string of the molecule is CN(CC(=O)N1CCNCC1)C(=O)C(C)(C)C.Cl. The molecular weight excluding hydrogens is 254 g/mol. The van der Waals surface area contributed by atoms with Crippen LogP contribution in [0.25, 0.3) is 0 Å². The number of halogens is 1. The highest BCUT2D eigenvalue weighted by Gasteiger charge is 2.27. The summed E-state index contributed by atoms with van der Waals surface area (Å²) in [5.41, 5.74) is -0.432. The van der Waals surface area contributed by atoms with Gasteiger partial charge >= 0.3 is 0 Å². The normalized spacial score (nSPS) is 15.9. The molecule has 1 saturated heterocycles. The zero-order valence-electron chi connectivity index (χ0n) is 11.7. The number of hydrogen-bond donors (Lipinski definition) is 1. The van der Waals surface area contributed by atoms with Crippen LogP contribution in [0.3, 0.4) is 0 Å². The van der Waals surface area contributed by atoms with Crippen LogP contribution < -0.4 is 5.32 Å². The summed E-state index contributed by atoms with van der Waals surface area (Å²) < 4.78 is 0. The summed E-state index contributed by atoms with van der Waals surface area (Å²) in [7, 11) is 1.69. The number of hydrogen-bond acceptors (Lipinski definition) is 3. The quantitative estimate of drug-likeness (QED) is 0.792. The lowest BCUT2D eigenvalue weighted by Gasteiger charge is -2.31. The Balaban J connectivity index is 0.00000289. The molecule has 5 nitrogen and oxygen atoms in total. The van der Waals surface area contributed by atoms with E-state index in [1.807, 2.05) is 25.7 Å². The molecule has 0 atom stereocenters. The molecule has 0 unspecified atom stereocenters. The lowest BCUT2D eigenvalue weighted by Crippen LogP contribution is -2.50. The second-order valence-corrected chi connectivity index (χ2v) is 5.54. The van der Waals surface area contributed by atoms with Crippen molar-refractivity contribution in [3.63, 3.8) is 0 Å². The first-order valence-electron chi connectivity index (χ1n) is 6.06. The lowest BCUT2D eigenvalue weighted by atomic mass is 9.95. The van der Waals surface area contributed by atoms with Crippen molar-refractivity contribution in [3.05, 3.63) is 0 Å². The van der Waals surface area contributed by atoms with Gasteiger partial charge in [-0.3, -0.25) is 9.59 Å². The largest absolute Gasteiger partial charge is 0.339 e. The monoisotopic (exact) mass is 277 g/mol. The van der Waals surface area contributed by atoms with Gasteiger partial charge in [-0.2, -0.15) is 0 Å². The predicted molar refractivity (Wildman–Crippen MR) is 73.8 cm³/mol. The minimum Gasteiger partial charge on any atom is -0.339 e. The van der Waals surface area contributed by atoms with E-state index in [1.165, 1.54) is 4.90 Å². The second kappa shape index (κ2) is 6.95. The van der Waals surface area contributed by atoms with Crippen molar-refractivity contribution in [2.45, 2.75) is 20.8 Å². The number of carbonyl (C=O) groups is 2. The van der Waals surface area contributed by atoms with Gasteiger partial charge in [0, 0.05) is 38.6 Å². The van der Waals surface area contributed by atoms with Crippen molar-refractivity contribution in [1.29, 1.82) is 0 Å². The van der Waals surface area contributed by atoms with Gasteiger partial charge in [0.1, 0.15) is 0 Å². The van der Waals surface area contributed by atoms with E-state index in [0.29, 0.717) is 0 Å². The van der Waals surface area contributed by atoms with Gasteiger partial charge in [-0.25, -0.2) is 0 Å². The fraction of sp³-hybridized carbons (Fsp3) is 0.833. The predicted octanol–water partition coefficient (Wildman–Crippen LogP) is 0.345. The molecular formula is C12H24ClN3O2. The molecule has 1 fully saturated rings. The first-order valence-corrected chi connectivity index (χ1v) is 6.06. The van der Waals surface area contributed by atoms with Crippen molar-refractivity contribution < 1.29 is 9.59 Å². The summed E-state index contributed by atoms with van der Waals surface area (Å²) in [6, 6.07) is 0. The van der Waals surface area contributed by atoms with Crippen LogP contribution in [0.4, 0.5) is 0 Å². The third-order valence-corrected chi connectivity index (χ3v) is 2.83. The zero-order valence-corrected chi connectivity index (χ0v) is 12.5. The molecule has 1 aliphatic heterocycles. The van der Waals surface area contributed by atoms with E-state index in [2.05, 4.69) is 5.32 Å². The summed E-state index contributed by atoms with van der Waals surface area (Å²) in [6.07, 6.45) is 0. The molecule has 1 rings (SSSR count). The first-order chi connectivity index (χ1) is 7.82.